The van der Waals surface area contributed by atoms with Crippen molar-refractivity contribution in [3.63, 3.8) is 0 Å². The molecule has 1 unspecified atom stereocenters. The summed E-state index contributed by atoms with van der Waals surface area (Å²) in [6.45, 7) is 2.03. The van der Waals surface area contributed by atoms with E-state index in [1.807, 2.05) is 24.3 Å². The van der Waals surface area contributed by atoms with Crippen LogP contribution in [0.1, 0.15) is 12.5 Å². The highest BCUT2D eigenvalue weighted by molar-refractivity contribution is 5.99. The molecule has 0 bridgehead atoms. The second kappa shape index (κ2) is 4.82. The van der Waals surface area contributed by atoms with Gasteiger partial charge in [0.05, 0.1) is 6.61 Å². The second-order valence-corrected chi connectivity index (χ2v) is 3.68. The molecule has 0 amide bonds. The van der Waals surface area contributed by atoms with Crippen molar-refractivity contribution in [1.82, 2.24) is 0 Å². The van der Waals surface area contributed by atoms with Gasteiger partial charge in [-0.25, -0.2) is 4.79 Å². The maximum atomic E-state index is 11.7. The van der Waals surface area contributed by atoms with E-state index in [0.717, 1.165) is 11.3 Å². The van der Waals surface area contributed by atoms with Crippen molar-refractivity contribution in [1.29, 1.82) is 0 Å². The third-order valence-corrected chi connectivity index (χ3v) is 2.57. The number of para-hydroxylation sites is 1. The van der Waals surface area contributed by atoms with E-state index in [1.54, 1.807) is 13.0 Å². The summed E-state index contributed by atoms with van der Waals surface area (Å²) in [6.07, 6.45) is 2.39. The monoisotopic (exact) mass is 231 g/mol. The lowest BCUT2D eigenvalue weighted by Gasteiger charge is -2.23. The molecule has 1 aliphatic heterocycles. The molecule has 17 heavy (non-hydrogen) atoms. The molecule has 1 aromatic rings. The Balaban J connectivity index is 2.34. The van der Waals surface area contributed by atoms with E-state index in [1.165, 1.54) is 0 Å². The van der Waals surface area contributed by atoms with Gasteiger partial charge in [0, 0.05) is 11.3 Å². The van der Waals surface area contributed by atoms with E-state index in [2.05, 4.69) is 5.32 Å². The SMILES string of the molecule is CCOC(=O)C1Nc2ccccc2C=C1C=O. The van der Waals surface area contributed by atoms with E-state index in [9.17, 15) is 9.59 Å². The summed E-state index contributed by atoms with van der Waals surface area (Å²) < 4.78 is 4.93. The zero-order valence-electron chi connectivity index (χ0n) is 9.47. The number of esters is 1. The van der Waals surface area contributed by atoms with Crippen LogP contribution < -0.4 is 5.32 Å². The van der Waals surface area contributed by atoms with Crippen LogP contribution in [0.25, 0.3) is 6.08 Å². The lowest BCUT2D eigenvalue weighted by Crippen LogP contribution is -2.35. The Bertz CT molecular complexity index is 479. The molecule has 0 radical (unpaired) electrons. The Kier molecular flexibility index (Phi) is 3.23. The van der Waals surface area contributed by atoms with Gasteiger partial charge in [0.15, 0.2) is 6.04 Å². The normalized spacial score (nSPS) is 17.5. The van der Waals surface area contributed by atoms with Crippen molar-refractivity contribution in [2.75, 3.05) is 11.9 Å². The predicted molar refractivity (Wildman–Crippen MR) is 64.5 cm³/mol. The summed E-state index contributed by atoms with van der Waals surface area (Å²) in [5.41, 5.74) is 2.12. The van der Waals surface area contributed by atoms with Crippen LogP contribution in [0.5, 0.6) is 0 Å². The van der Waals surface area contributed by atoms with Crippen LogP contribution in [-0.2, 0) is 14.3 Å². The van der Waals surface area contributed by atoms with Gasteiger partial charge in [-0.2, -0.15) is 0 Å². The highest BCUT2D eigenvalue weighted by Crippen LogP contribution is 2.26. The Hall–Kier alpha value is -2.10. The minimum absolute atomic E-state index is 0.296. The van der Waals surface area contributed by atoms with Crippen molar-refractivity contribution >= 4 is 24.0 Å². The van der Waals surface area contributed by atoms with Gasteiger partial charge in [-0.05, 0) is 24.6 Å². The molecule has 0 aliphatic carbocycles. The van der Waals surface area contributed by atoms with E-state index in [-0.39, 0.29) is 0 Å². The Morgan fingerprint density at radius 3 is 2.94 bits per heavy atom. The van der Waals surface area contributed by atoms with Crippen molar-refractivity contribution < 1.29 is 14.3 Å². The molecule has 1 N–H and O–H groups in total. The molecule has 4 heteroatoms. The number of nitrogens with one attached hydrogen (secondary N) is 1. The van der Waals surface area contributed by atoms with Crippen molar-refractivity contribution in [2.45, 2.75) is 13.0 Å². The second-order valence-electron chi connectivity index (χ2n) is 3.68. The average Bonchev–Trinajstić information content (AvgIpc) is 2.37. The Morgan fingerprint density at radius 2 is 2.24 bits per heavy atom. The largest absolute Gasteiger partial charge is 0.464 e. The van der Waals surface area contributed by atoms with Crippen molar-refractivity contribution in [3.8, 4) is 0 Å². The number of hydrogen-bond donors (Lipinski definition) is 1. The van der Waals surface area contributed by atoms with Gasteiger partial charge in [0.1, 0.15) is 6.29 Å². The fourth-order valence-electron chi connectivity index (χ4n) is 1.78. The third-order valence-electron chi connectivity index (χ3n) is 2.57. The summed E-state index contributed by atoms with van der Waals surface area (Å²) in [6, 6.07) is 6.78. The first kappa shape index (κ1) is 11.4. The molecule has 1 aromatic carbocycles. The lowest BCUT2D eigenvalue weighted by atomic mass is 9.98. The standard InChI is InChI=1S/C13H13NO3/c1-2-17-13(16)12-10(8-15)7-9-5-3-4-6-11(9)14-12/h3-8,12,14H,2H2,1H3. The maximum absolute atomic E-state index is 11.7. The molecule has 4 nitrogen and oxygen atoms in total. The first-order valence-corrected chi connectivity index (χ1v) is 5.45. The Labute approximate surface area is 99.3 Å². The van der Waals surface area contributed by atoms with Crippen molar-refractivity contribution in [2.24, 2.45) is 0 Å². The summed E-state index contributed by atoms with van der Waals surface area (Å²) in [5.74, 6) is -0.430. The van der Waals surface area contributed by atoms with Crippen LogP contribution in [-0.4, -0.2) is 24.9 Å². The highest BCUT2D eigenvalue weighted by Gasteiger charge is 2.27. The van der Waals surface area contributed by atoms with Crippen LogP contribution >= 0.6 is 0 Å². The van der Waals surface area contributed by atoms with Crippen LogP contribution in [0, 0.1) is 0 Å². The van der Waals surface area contributed by atoms with Gasteiger partial charge in [-0.15, -0.1) is 0 Å². The van der Waals surface area contributed by atoms with Gasteiger partial charge < -0.3 is 10.1 Å². The van der Waals surface area contributed by atoms with Gasteiger partial charge >= 0.3 is 5.97 Å². The summed E-state index contributed by atoms with van der Waals surface area (Å²) in [7, 11) is 0. The summed E-state index contributed by atoms with van der Waals surface area (Å²) >= 11 is 0. The predicted octanol–water partition coefficient (Wildman–Crippen LogP) is 1.63. The van der Waals surface area contributed by atoms with Crippen molar-refractivity contribution in [3.05, 3.63) is 35.4 Å². The maximum Gasteiger partial charge on any atom is 0.333 e. The Morgan fingerprint density at radius 1 is 1.47 bits per heavy atom. The van der Waals surface area contributed by atoms with Gasteiger partial charge in [-0.3, -0.25) is 4.79 Å². The zero-order valence-corrected chi connectivity index (χ0v) is 9.47. The minimum atomic E-state index is -0.706. The van der Waals surface area contributed by atoms with E-state index in [4.69, 9.17) is 4.74 Å². The number of carbonyl (C=O) groups is 2. The van der Waals surface area contributed by atoms with Crippen LogP contribution in [0.2, 0.25) is 0 Å². The van der Waals surface area contributed by atoms with Gasteiger partial charge in [0.2, 0.25) is 0 Å². The number of rotatable bonds is 3. The number of anilines is 1. The molecule has 1 aliphatic rings. The number of carbonyl (C=O) groups excluding carboxylic acids is 2. The zero-order chi connectivity index (χ0) is 12.3. The molecule has 0 spiro atoms. The fraction of sp³-hybridized carbons (Fsp3) is 0.231. The number of ether oxygens (including phenoxy) is 1. The highest BCUT2D eigenvalue weighted by atomic mass is 16.5. The van der Waals surface area contributed by atoms with Crippen LogP contribution in [0.4, 0.5) is 5.69 Å². The number of fused-ring (bicyclic) bond motifs is 1. The third kappa shape index (κ3) is 2.20. The molecule has 1 heterocycles. The quantitative estimate of drug-likeness (QED) is 0.634. The molecule has 0 saturated heterocycles. The minimum Gasteiger partial charge on any atom is -0.464 e. The number of hydrogen-bond acceptors (Lipinski definition) is 4. The molecule has 88 valence electrons. The van der Waals surface area contributed by atoms with E-state index in [0.29, 0.717) is 18.5 Å². The molecular formula is C13H13NO3. The van der Waals surface area contributed by atoms with Gasteiger partial charge in [-0.1, -0.05) is 18.2 Å². The molecular weight excluding hydrogens is 218 g/mol. The topological polar surface area (TPSA) is 55.4 Å². The van der Waals surface area contributed by atoms with Crippen LogP contribution in [0.3, 0.4) is 0 Å². The average molecular weight is 231 g/mol. The first-order valence-electron chi connectivity index (χ1n) is 5.45. The summed E-state index contributed by atoms with van der Waals surface area (Å²) in [4.78, 5) is 22.7. The molecule has 2 rings (SSSR count). The fourth-order valence-corrected chi connectivity index (χ4v) is 1.78. The van der Waals surface area contributed by atoms with Crippen LogP contribution in [0.15, 0.2) is 29.8 Å². The van der Waals surface area contributed by atoms with E-state index >= 15 is 0 Å². The molecule has 0 aromatic heterocycles. The molecule has 0 saturated carbocycles. The van der Waals surface area contributed by atoms with Gasteiger partial charge in [0.25, 0.3) is 0 Å². The smallest absolute Gasteiger partial charge is 0.333 e. The molecule has 0 fully saturated rings. The summed E-state index contributed by atoms with van der Waals surface area (Å²) in [5, 5.41) is 3.01. The lowest BCUT2D eigenvalue weighted by molar-refractivity contribution is -0.143. The number of aldehydes is 1. The van der Waals surface area contributed by atoms with E-state index < -0.39 is 12.0 Å². The molecule has 1 atom stereocenters. The number of benzene rings is 1. The first-order chi connectivity index (χ1) is 8.26.